The molecule has 0 unspecified atom stereocenters. The number of nitrogens with zero attached hydrogens (tertiary/aromatic N) is 5. The predicted molar refractivity (Wildman–Crippen MR) is 149 cm³/mol. The van der Waals surface area contributed by atoms with Crippen LogP contribution in [-0.4, -0.2) is 78.7 Å². The topological polar surface area (TPSA) is 107 Å². The number of halogens is 5. The van der Waals surface area contributed by atoms with Gasteiger partial charge in [-0.05, 0) is 19.5 Å². The summed E-state index contributed by atoms with van der Waals surface area (Å²) in [5.41, 5.74) is -4.16. The summed E-state index contributed by atoms with van der Waals surface area (Å²) in [4.78, 5) is 40.7. The van der Waals surface area contributed by atoms with Gasteiger partial charge in [0.1, 0.15) is 11.5 Å². The van der Waals surface area contributed by atoms with Gasteiger partial charge in [-0.15, -0.1) is 0 Å². The number of aromatic nitrogens is 3. The number of piperazine rings is 1. The highest BCUT2D eigenvalue weighted by Crippen LogP contribution is 2.39. The van der Waals surface area contributed by atoms with Crippen LogP contribution in [0.1, 0.15) is 28.4 Å². The van der Waals surface area contributed by atoms with Gasteiger partial charge in [0.25, 0.3) is 5.91 Å². The van der Waals surface area contributed by atoms with Gasteiger partial charge in [0.15, 0.2) is 11.6 Å². The number of anilines is 3. The molecule has 10 nitrogen and oxygen atoms in total. The Morgan fingerprint density at radius 1 is 1.14 bits per heavy atom. The Labute approximate surface area is 242 Å². The van der Waals surface area contributed by atoms with Gasteiger partial charge in [-0.1, -0.05) is 6.08 Å². The molecule has 1 aromatic carbocycles. The lowest BCUT2D eigenvalue weighted by Crippen LogP contribution is -2.50. The highest BCUT2D eigenvalue weighted by molar-refractivity contribution is 6.07. The third-order valence-corrected chi connectivity index (χ3v) is 7.58. The Kier molecular flexibility index (Phi) is 8.10. The van der Waals surface area contributed by atoms with Gasteiger partial charge in [-0.2, -0.15) is 13.2 Å². The van der Waals surface area contributed by atoms with Crippen molar-refractivity contribution in [2.24, 2.45) is 0 Å². The molecule has 0 spiro atoms. The van der Waals surface area contributed by atoms with E-state index < -0.39 is 51.7 Å². The number of rotatable bonds is 6. The number of hydrogen-bond donors (Lipinski definition) is 2. The average Bonchev–Trinajstić information content (AvgIpc) is 3.45. The Hall–Kier alpha value is -4.53. The van der Waals surface area contributed by atoms with Crippen LogP contribution in [0.2, 0.25) is 0 Å². The van der Waals surface area contributed by atoms with E-state index in [4.69, 9.17) is 4.74 Å². The molecule has 0 radical (unpaired) electrons. The molecule has 5 rings (SSSR count). The molecule has 2 aromatic heterocycles. The number of H-pyrrole nitrogens is 1. The summed E-state index contributed by atoms with van der Waals surface area (Å²) in [6.45, 7) is 3.40. The molecule has 4 heterocycles. The largest absolute Gasteiger partial charge is 0.494 e. The molecule has 1 amide bonds. The van der Waals surface area contributed by atoms with Gasteiger partial charge in [0.2, 0.25) is 11.5 Å². The fourth-order valence-electron chi connectivity index (χ4n) is 5.08. The molecule has 1 saturated heterocycles. The van der Waals surface area contributed by atoms with Gasteiger partial charge in [-0.25, -0.2) is 18.7 Å². The van der Waals surface area contributed by atoms with Crippen molar-refractivity contribution < 1.29 is 31.5 Å². The lowest BCUT2D eigenvalue weighted by molar-refractivity contribution is -0.138. The number of hydrogen-bond acceptors (Lipinski definition) is 8. The van der Waals surface area contributed by atoms with Crippen LogP contribution in [0.25, 0.3) is 5.57 Å². The van der Waals surface area contributed by atoms with Crippen molar-refractivity contribution in [3.63, 3.8) is 0 Å². The van der Waals surface area contributed by atoms with Crippen LogP contribution in [0, 0.1) is 11.6 Å². The number of likely N-dealkylation sites (N-methyl/N-ethyl adjacent to an activating group) is 1. The van der Waals surface area contributed by atoms with Crippen molar-refractivity contribution in [2.75, 3.05) is 62.0 Å². The third-order valence-electron chi connectivity index (χ3n) is 7.58. The van der Waals surface area contributed by atoms with Gasteiger partial charge in [0, 0.05) is 57.1 Å². The first-order valence-electron chi connectivity index (χ1n) is 13.3. The molecule has 228 valence electrons. The SMILES string of the molecule is COc1cnc(N2CC=C(c3c(F)cc(N4CCN(C)[C@@H](C)C4)c(NC(=O)c4c[nH]c(=O)cc4C(F)(F)F)c3F)C2)nc1. The Morgan fingerprint density at radius 3 is 2.51 bits per heavy atom. The molecule has 43 heavy (non-hydrogen) atoms. The van der Waals surface area contributed by atoms with Crippen molar-refractivity contribution in [1.29, 1.82) is 0 Å². The van der Waals surface area contributed by atoms with E-state index in [9.17, 15) is 22.8 Å². The van der Waals surface area contributed by atoms with Crippen molar-refractivity contribution in [3.05, 3.63) is 75.5 Å². The van der Waals surface area contributed by atoms with E-state index in [1.54, 1.807) is 15.9 Å². The van der Waals surface area contributed by atoms with Crippen molar-refractivity contribution in [3.8, 4) is 5.75 Å². The maximum atomic E-state index is 16.4. The summed E-state index contributed by atoms with van der Waals surface area (Å²) in [6, 6.07) is 1.32. The van der Waals surface area contributed by atoms with Crippen LogP contribution in [0.4, 0.5) is 39.3 Å². The maximum absolute atomic E-state index is 16.4. The number of benzene rings is 1. The van der Waals surface area contributed by atoms with Crippen molar-refractivity contribution >= 4 is 28.8 Å². The molecule has 0 bridgehead atoms. The smallest absolute Gasteiger partial charge is 0.417 e. The van der Waals surface area contributed by atoms with Crippen LogP contribution in [0.5, 0.6) is 5.75 Å². The van der Waals surface area contributed by atoms with Gasteiger partial charge >= 0.3 is 6.18 Å². The van der Waals surface area contributed by atoms with Gasteiger partial charge < -0.3 is 29.7 Å². The first-order chi connectivity index (χ1) is 20.4. The van der Waals surface area contributed by atoms with E-state index in [0.717, 1.165) is 6.07 Å². The molecule has 2 N–H and O–H groups in total. The minimum atomic E-state index is -5.04. The minimum Gasteiger partial charge on any atom is -0.494 e. The van der Waals surface area contributed by atoms with E-state index in [2.05, 4.69) is 20.3 Å². The Morgan fingerprint density at radius 2 is 1.86 bits per heavy atom. The summed E-state index contributed by atoms with van der Waals surface area (Å²) in [5.74, 6) is -2.64. The molecule has 0 saturated carbocycles. The van der Waals surface area contributed by atoms with Crippen LogP contribution >= 0.6 is 0 Å². The van der Waals surface area contributed by atoms with Crippen LogP contribution in [0.3, 0.4) is 0 Å². The quantitative estimate of drug-likeness (QED) is 0.410. The number of methoxy groups -OCH3 is 1. The van der Waals surface area contributed by atoms with Crippen molar-refractivity contribution in [1.82, 2.24) is 19.9 Å². The van der Waals surface area contributed by atoms with Crippen LogP contribution in [0.15, 0.2) is 41.6 Å². The first-order valence-corrected chi connectivity index (χ1v) is 13.3. The Balaban J connectivity index is 1.54. The number of nitrogens with one attached hydrogen (secondary N) is 2. The fraction of sp³-hybridized carbons (Fsp3) is 0.357. The monoisotopic (exact) mass is 605 g/mol. The molecular weight excluding hydrogens is 577 g/mol. The standard InChI is InChI=1S/C28H28F5N7O3/c1-15-13-39(7-6-38(15)2)21-9-20(29)23(16-4-5-40(14-16)27-35-10-17(43-3)11-36-27)24(30)25(21)37-26(42)18-12-34-22(41)8-19(18)28(31,32)33/h4,8-12,15H,5-7,13-14H2,1-3H3,(H,34,41)(H,37,42)/t15-/m0/s1. The van der Waals surface area contributed by atoms with Gasteiger partial charge in [0.05, 0.1) is 41.9 Å². The maximum Gasteiger partial charge on any atom is 0.417 e. The number of ether oxygens (including phenoxy) is 1. The van der Waals surface area contributed by atoms with E-state index in [-0.39, 0.29) is 36.5 Å². The summed E-state index contributed by atoms with van der Waals surface area (Å²) in [5, 5.41) is 2.26. The molecular formula is C28H28F5N7O3. The summed E-state index contributed by atoms with van der Waals surface area (Å²) >= 11 is 0. The number of carbonyl (C=O) groups excluding carboxylic acids is 1. The Bertz CT molecular complexity index is 1620. The second-order valence-corrected chi connectivity index (χ2v) is 10.3. The zero-order chi connectivity index (χ0) is 31.1. The molecule has 0 aliphatic carbocycles. The predicted octanol–water partition coefficient (Wildman–Crippen LogP) is 3.77. The van der Waals surface area contributed by atoms with Gasteiger partial charge in [-0.3, -0.25) is 9.59 Å². The number of alkyl halides is 3. The first kappa shape index (κ1) is 29.9. The normalized spacial score (nSPS) is 17.7. The lowest BCUT2D eigenvalue weighted by atomic mass is 10.0. The van der Waals surface area contributed by atoms with Crippen LogP contribution in [-0.2, 0) is 6.18 Å². The van der Waals surface area contributed by atoms with E-state index >= 15 is 8.78 Å². The molecule has 15 heteroatoms. The summed E-state index contributed by atoms with van der Waals surface area (Å²) in [7, 11) is 3.36. The molecule has 1 fully saturated rings. The molecule has 1 atom stereocenters. The van der Waals surface area contributed by atoms with E-state index in [0.29, 0.717) is 37.5 Å². The van der Waals surface area contributed by atoms with Crippen molar-refractivity contribution in [2.45, 2.75) is 19.1 Å². The van der Waals surface area contributed by atoms with E-state index in [1.165, 1.54) is 19.5 Å². The highest BCUT2D eigenvalue weighted by atomic mass is 19.4. The average molecular weight is 606 g/mol. The lowest BCUT2D eigenvalue weighted by Gasteiger charge is -2.40. The molecule has 2 aliphatic rings. The summed E-state index contributed by atoms with van der Waals surface area (Å²) < 4.78 is 78.3. The molecule has 3 aromatic rings. The highest BCUT2D eigenvalue weighted by Gasteiger charge is 2.37. The third kappa shape index (κ3) is 6.02. The number of pyridine rings is 1. The minimum absolute atomic E-state index is 0.0148. The number of aromatic amines is 1. The van der Waals surface area contributed by atoms with E-state index in [1.807, 2.05) is 18.9 Å². The summed E-state index contributed by atoms with van der Waals surface area (Å²) in [6.07, 6.45) is 0.0689. The second-order valence-electron chi connectivity index (χ2n) is 10.3. The zero-order valence-electron chi connectivity index (χ0n) is 23.4. The zero-order valence-corrected chi connectivity index (χ0v) is 23.4. The van der Waals surface area contributed by atoms with Crippen LogP contribution < -0.4 is 25.4 Å². The second kappa shape index (κ2) is 11.6. The number of carbonyl (C=O) groups is 1. The molecule has 2 aliphatic heterocycles. The number of amides is 1. The fourth-order valence-corrected chi connectivity index (χ4v) is 5.08.